The van der Waals surface area contributed by atoms with Gasteiger partial charge in [-0.15, -0.1) is 0 Å². The van der Waals surface area contributed by atoms with Gasteiger partial charge >= 0.3 is 6.03 Å². The first-order valence-corrected chi connectivity index (χ1v) is 12.5. The Balaban J connectivity index is 1.46. The fraction of sp³-hybridized carbons (Fsp3) is 0.0645. The number of nitro benzene ring substituents is 1. The molecule has 1 fully saturated rings. The molecule has 41 heavy (non-hydrogen) atoms. The number of amides is 4. The number of imide groups is 2. The molecule has 0 saturated carbocycles. The molecule has 1 heterocycles. The Morgan fingerprint density at radius 2 is 1.32 bits per heavy atom. The summed E-state index contributed by atoms with van der Waals surface area (Å²) < 4.78 is 11.3. The first kappa shape index (κ1) is 26.8. The third-order valence-corrected chi connectivity index (χ3v) is 6.32. The number of non-ortho nitro benzene ring substituents is 1. The van der Waals surface area contributed by atoms with E-state index < -0.39 is 22.8 Å². The van der Waals surface area contributed by atoms with Gasteiger partial charge in [-0.1, -0.05) is 42.5 Å². The number of ether oxygens (including phenoxy) is 2. The highest BCUT2D eigenvalue weighted by atomic mass is 16.6. The van der Waals surface area contributed by atoms with Crippen molar-refractivity contribution in [2.75, 3.05) is 16.9 Å². The molecule has 1 aliphatic rings. The molecule has 0 atom stereocenters. The summed E-state index contributed by atoms with van der Waals surface area (Å²) in [4.78, 5) is 52.9. The molecule has 0 aliphatic carbocycles. The minimum atomic E-state index is -0.776. The molecule has 0 N–H and O–H groups in total. The van der Waals surface area contributed by atoms with Crippen LogP contribution in [0.4, 0.5) is 21.9 Å². The Morgan fingerprint density at radius 3 is 1.83 bits per heavy atom. The molecule has 0 bridgehead atoms. The molecule has 4 aromatic carbocycles. The molecule has 1 saturated heterocycles. The zero-order chi connectivity index (χ0) is 28.9. The molecular weight excluding hydrogens is 526 g/mol. The SMILES string of the molecule is COc1cc(C=C2C(=O)N(c3ccccc3)C(=O)N(c3ccccc3)C2=O)ccc1OCc1ccc([N+](=O)[O-])cc1. The average molecular weight is 550 g/mol. The van der Waals surface area contributed by atoms with E-state index in [0.717, 1.165) is 9.80 Å². The highest BCUT2D eigenvalue weighted by Crippen LogP contribution is 2.33. The molecular formula is C31H23N3O7. The van der Waals surface area contributed by atoms with Crippen LogP contribution in [0.2, 0.25) is 0 Å². The zero-order valence-corrected chi connectivity index (χ0v) is 21.8. The summed E-state index contributed by atoms with van der Waals surface area (Å²) in [5.41, 5.74) is 1.61. The van der Waals surface area contributed by atoms with Gasteiger partial charge in [-0.05, 0) is 65.7 Å². The number of urea groups is 1. The number of methoxy groups -OCH3 is 1. The molecule has 10 nitrogen and oxygen atoms in total. The van der Waals surface area contributed by atoms with Crippen LogP contribution in [0.25, 0.3) is 6.08 Å². The van der Waals surface area contributed by atoms with Gasteiger partial charge in [0.25, 0.3) is 17.5 Å². The normalized spacial score (nSPS) is 13.3. The van der Waals surface area contributed by atoms with Crippen molar-refractivity contribution in [3.8, 4) is 11.5 Å². The van der Waals surface area contributed by atoms with Gasteiger partial charge in [0.1, 0.15) is 12.2 Å². The molecule has 5 rings (SSSR count). The van der Waals surface area contributed by atoms with Gasteiger partial charge in [0.2, 0.25) is 0 Å². The van der Waals surface area contributed by atoms with Crippen molar-refractivity contribution < 1.29 is 28.8 Å². The number of benzene rings is 4. The van der Waals surface area contributed by atoms with Gasteiger partial charge in [-0.3, -0.25) is 19.7 Å². The van der Waals surface area contributed by atoms with Crippen LogP contribution in [0.5, 0.6) is 11.5 Å². The lowest BCUT2D eigenvalue weighted by Gasteiger charge is -2.33. The first-order chi connectivity index (χ1) is 19.9. The minimum absolute atomic E-state index is 0.0195. The molecule has 10 heteroatoms. The van der Waals surface area contributed by atoms with Gasteiger partial charge in [0.15, 0.2) is 11.5 Å². The van der Waals surface area contributed by atoms with Crippen molar-refractivity contribution >= 4 is 41.0 Å². The van der Waals surface area contributed by atoms with E-state index in [2.05, 4.69) is 0 Å². The number of para-hydroxylation sites is 2. The van der Waals surface area contributed by atoms with E-state index in [1.54, 1.807) is 91.0 Å². The Morgan fingerprint density at radius 1 is 0.756 bits per heavy atom. The number of carbonyl (C=O) groups is 3. The van der Waals surface area contributed by atoms with Crippen molar-refractivity contribution in [2.45, 2.75) is 6.61 Å². The molecule has 0 radical (unpaired) electrons. The number of hydrogen-bond donors (Lipinski definition) is 0. The van der Waals surface area contributed by atoms with E-state index in [1.165, 1.54) is 25.3 Å². The molecule has 0 aromatic heterocycles. The monoisotopic (exact) mass is 549 g/mol. The summed E-state index contributed by atoms with van der Waals surface area (Å²) in [5.74, 6) is -0.777. The van der Waals surface area contributed by atoms with E-state index in [9.17, 15) is 24.5 Å². The van der Waals surface area contributed by atoms with E-state index in [1.807, 2.05) is 0 Å². The van der Waals surface area contributed by atoms with E-state index in [4.69, 9.17) is 9.47 Å². The predicted octanol–water partition coefficient (Wildman–Crippen LogP) is 5.77. The summed E-state index contributed by atoms with van der Waals surface area (Å²) in [6, 6.07) is 26.9. The summed E-state index contributed by atoms with van der Waals surface area (Å²) in [6.45, 7) is 0.131. The topological polar surface area (TPSA) is 119 Å². The lowest BCUT2D eigenvalue weighted by Crippen LogP contribution is -2.57. The lowest BCUT2D eigenvalue weighted by atomic mass is 10.0. The second kappa shape index (κ2) is 11.5. The van der Waals surface area contributed by atoms with Gasteiger partial charge in [0, 0.05) is 12.1 Å². The molecule has 0 unspecified atom stereocenters. The van der Waals surface area contributed by atoms with Crippen molar-refractivity contribution in [3.05, 3.63) is 130 Å². The average Bonchev–Trinajstić information content (AvgIpc) is 3.00. The fourth-order valence-corrected chi connectivity index (χ4v) is 4.27. The highest BCUT2D eigenvalue weighted by molar-refractivity contribution is 6.46. The quantitative estimate of drug-likeness (QED) is 0.119. The summed E-state index contributed by atoms with van der Waals surface area (Å²) in [5, 5.41) is 10.9. The van der Waals surface area contributed by atoms with Gasteiger partial charge < -0.3 is 9.47 Å². The van der Waals surface area contributed by atoms with Gasteiger partial charge in [-0.2, -0.15) is 0 Å². The summed E-state index contributed by atoms with van der Waals surface area (Å²) in [7, 11) is 1.45. The third kappa shape index (κ3) is 5.52. The second-order valence-electron chi connectivity index (χ2n) is 8.92. The molecule has 204 valence electrons. The summed E-state index contributed by atoms with van der Waals surface area (Å²) >= 11 is 0. The Kier molecular flexibility index (Phi) is 7.55. The maximum Gasteiger partial charge on any atom is 0.343 e. The standard InChI is InChI=1S/C31H23N3O7/c1-40-28-19-22(14-17-27(28)41-20-21-12-15-25(16-13-21)34(38)39)18-26-29(35)32(23-8-4-2-5-9-23)31(37)33(30(26)36)24-10-6-3-7-11-24/h2-19H,20H2,1H3. The van der Waals surface area contributed by atoms with E-state index in [-0.39, 0.29) is 17.9 Å². The Hall–Kier alpha value is -5.77. The van der Waals surface area contributed by atoms with Crippen molar-refractivity contribution in [3.63, 3.8) is 0 Å². The largest absolute Gasteiger partial charge is 0.493 e. The first-order valence-electron chi connectivity index (χ1n) is 12.5. The predicted molar refractivity (Wildman–Crippen MR) is 152 cm³/mol. The minimum Gasteiger partial charge on any atom is -0.493 e. The van der Waals surface area contributed by atoms with Crippen LogP contribution in [-0.2, 0) is 16.2 Å². The summed E-state index contributed by atoms with van der Waals surface area (Å²) in [6.07, 6.45) is 1.41. The van der Waals surface area contributed by atoms with Crippen LogP contribution in [0.15, 0.2) is 109 Å². The van der Waals surface area contributed by atoms with Crippen LogP contribution < -0.4 is 19.3 Å². The molecule has 4 amide bonds. The van der Waals surface area contributed by atoms with E-state index >= 15 is 0 Å². The van der Waals surface area contributed by atoms with Crippen molar-refractivity contribution in [1.82, 2.24) is 0 Å². The maximum atomic E-state index is 13.6. The number of nitro groups is 1. The smallest absolute Gasteiger partial charge is 0.343 e. The van der Waals surface area contributed by atoms with Gasteiger partial charge in [-0.25, -0.2) is 14.6 Å². The van der Waals surface area contributed by atoms with Crippen LogP contribution in [0.3, 0.4) is 0 Å². The number of carbonyl (C=O) groups excluding carboxylic acids is 3. The molecule has 4 aromatic rings. The molecule has 0 spiro atoms. The van der Waals surface area contributed by atoms with Crippen LogP contribution in [-0.4, -0.2) is 29.9 Å². The van der Waals surface area contributed by atoms with Crippen molar-refractivity contribution in [1.29, 1.82) is 0 Å². The number of rotatable bonds is 8. The van der Waals surface area contributed by atoms with Crippen LogP contribution in [0.1, 0.15) is 11.1 Å². The van der Waals surface area contributed by atoms with Crippen LogP contribution in [0, 0.1) is 10.1 Å². The number of nitrogens with zero attached hydrogens (tertiary/aromatic N) is 3. The Bertz CT molecular complexity index is 1590. The maximum absolute atomic E-state index is 13.6. The number of anilines is 2. The van der Waals surface area contributed by atoms with Gasteiger partial charge in [0.05, 0.1) is 23.4 Å². The number of hydrogen-bond acceptors (Lipinski definition) is 7. The van der Waals surface area contributed by atoms with E-state index in [0.29, 0.717) is 34.0 Å². The second-order valence-corrected chi connectivity index (χ2v) is 8.92. The van der Waals surface area contributed by atoms with Crippen LogP contribution >= 0.6 is 0 Å². The Labute approximate surface area is 234 Å². The van der Waals surface area contributed by atoms with Crippen molar-refractivity contribution in [2.24, 2.45) is 0 Å². The fourth-order valence-electron chi connectivity index (χ4n) is 4.27. The number of barbiturate groups is 1. The third-order valence-electron chi connectivity index (χ3n) is 6.32. The molecule has 1 aliphatic heterocycles. The lowest BCUT2D eigenvalue weighted by molar-refractivity contribution is -0.384. The zero-order valence-electron chi connectivity index (χ0n) is 21.8. The highest BCUT2D eigenvalue weighted by Gasteiger charge is 2.43.